The van der Waals surface area contributed by atoms with Gasteiger partial charge in [0.15, 0.2) is 17.6 Å². The Morgan fingerprint density at radius 1 is 1.23 bits per heavy atom. The van der Waals surface area contributed by atoms with Gasteiger partial charge in [0.05, 0.1) is 16.6 Å². The minimum absolute atomic E-state index is 0.00155. The Labute approximate surface area is 211 Å². The van der Waals surface area contributed by atoms with Gasteiger partial charge in [0, 0.05) is 34.7 Å². The van der Waals surface area contributed by atoms with Gasteiger partial charge < -0.3 is 25.4 Å². The molecule has 7 rings (SSSR count). The lowest BCUT2D eigenvalue weighted by Gasteiger charge is -2.62. The summed E-state index contributed by atoms with van der Waals surface area (Å²) in [6, 6.07) is 10.6. The van der Waals surface area contributed by atoms with Crippen LogP contribution in [0, 0.1) is 5.92 Å². The lowest BCUT2D eigenvalue weighted by molar-refractivity contribution is -0.172. The molecule has 2 fully saturated rings. The van der Waals surface area contributed by atoms with Crippen molar-refractivity contribution in [2.75, 3.05) is 18.4 Å². The molecule has 35 heavy (non-hydrogen) atoms. The van der Waals surface area contributed by atoms with Gasteiger partial charge in [0.25, 0.3) is 5.91 Å². The van der Waals surface area contributed by atoms with Crippen molar-refractivity contribution in [3.63, 3.8) is 0 Å². The zero-order valence-corrected chi connectivity index (χ0v) is 20.7. The lowest BCUT2D eigenvalue weighted by atomic mass is 9.49. The number of nitrogens with one attached hydrogen (secondary N) is 1. The monoisotopic (exact) mass is 538 g/mol. The molecule has 2 heterocycles. The summed E-state index contributed by atoms with van der Waals surface area (Å²) in [4.78, 5) is 15.8. The average Bonchev–Trinajstić information content (AvgIpc) is 3.56. The van der Waals surface area contributed by atoms with E-state index in [2.05, 4.69) is 26.1 Å². The van der Waals surface area contributed by atoms with Crippen LogP contribution < -0.4 is 10.1 Å². The van der Waals surface area contributed by atoms with Gasteiger partial charge in [0.2, 0.25) is 0 Å². The third-order valence-corrected chi connectivity index (χ3v) is 9.37. The molecule has 3 aliphatic carbocycles. The van der Waals surface area contributed by atoms with Crippen LogP contribution in [0.25, 0.3) is 0 Å². The van der Waals surface area contributed by atoms with Crippen LogP contribution in [0.4, 0.5) is 5.69 Å². The first-order valence-corrected chi connectivity index (χ1v) is 13.1. The Kier molecular flexibility index (Phi) is 4.49. The Hall–Kier alpha value is -2.55. The fraction of sp³-hybridized carbons (Fsp3) is 0.444. The Balaban J connectivity index is 1.36. The normalized spacial score (nSPS) is 32.7. The topological polar surface area (TPSA) is 102 Å². The van der Waals surface area contributed by atoms with E-state index >= 15 is 0 Å². The molecule has 0 aromatic heterocycles. The van der Waals surface area contributed by atoms with E-state index in [1.54, 1.807) is 18.2 Å². The van der Waals surface area contributed by atoms with Gasteiger partial charge in [0.1, 0.15) is 5.76 Å². The second kappa shape index (κ2) is 7.24. The summed E-state index contributed by atoms with van der Waals surface area (Å²) in [5.74, 6) is 0.388. The highest BCUT2D eigenvalue weighted by molar-refractivity contribution is 9.10. The summed E-state index contributed by atoms with van der Waals surface area (Å²) in [6.45, 7) is 1.72. The van der Waals surface area contributed by atoms with E-state index in [1.807, 2.05) is 18.2 Å². The van der Waals surface area contributed by atoms with Gasteiger partial charge in [-0.15, -0.1) is 0 Å². The van der Waals surface area contributed by atoms with Crippen molar-refractivity contribution in [3.05, 3.63) is 63.3 Å². The van der Waals surface area contributed by atoms with Crippen molar-refractivity contribution >= 4 is 27.5 Å². The second-order valence-electron chi connectivity index (χ2n) is 10.8. The summed E-state index contributed by atoms with van der Waals surface area (Å²) in [5, 5.41) is 37.6. The predicted octanol–water partition coefficient (Wildman–Crippen LogP) is 3.78. The summed E-state index contributed by atoms with van der Waals surface area (Å²) in [7, 11) is 0. The van der Waals surface area contributed by atoms with Crippen molar-refractivity contribution in [1.29, 1.82) is 0 Å². The third kappa shape index (κ3) is 2.87. The number of phenolic OH excluding ortho intramolecular Hbond substituents is 1. The number of anilines is 1. The minimum Gasteiger partial charge on any atom is -0.508 e. The zero-order chi connectivity index (χ0) is 24.1. The van der Waals surface area contributed by atoms with Crippen molar-refractivity contribution in [3.8, 4) is 11.5 Å². The molecule has 4 N–H and O–H groups in total. The van der Waals surface area contributed by atoms with Crippen LogP contribution in [-0.4, -0.2) is 57.0 Å². The summed E-state index contributed by atoms with van der Waals surface area (Å²) in [6.07, 6.45) is 2.75. The molecular weight excluding hydrogens is 512 g/mol. The standard InChI is InChI=1S/C27H27BrN2O5/c28-16-2-1-3-17(11-16)29-25(33)18-12-27(34)20-10-15-6-7-19(31)23-21(15)26(27,24(35-23)22(18)32)8-9-30(20)13-14-4-5-14/h1-3,6-7,11,14,20,24,31-32,34H,4-5,8-10,12-13H2,(H,29,33)/t20-,24+,26+,27-/m1/s1. The van der Waals surface area contributed by atoms with Gasteiger partial charge in [-0.3, -0.25) is 9.69 Å². The number of rotatable bonds is 4. The molecule has 5 aliphatic rings. The molecule has 0 radical (unpaired) electrons. The van der Waals surface area contributed by atoms with Crippen LogP contribution in [0.2, 0.25) is 0 Å². The smallest absolute Gasteiger partial charge is 0.255 e. The molecule has 1 amide bonds. The number of ether oxygens (including phenoxy) is 1. The first-order valence-electron chi connectivity index (χ1n) is 12.3. The Morgan fingerprint density at radius 3 is 2.83 bits per heavy atom. The summed E-state index contributed by atoms with van der Waals surface area (Å²) >= 11 is 3.42. The Bertz CT molecular complexity index is 1310. The van der Waals surface area contributed by atoms with Crippen LogP contribution >= 0.6 is 15.9 Å². The number of aliphatic hydroxyl groups is 2. The molecule has 0 unspecified atom stereocenters. The molecule has 2 aromatic rings. The molecule has 7 nitrogen and oxygen atoms in total. The molecule has 1 spiro atoms. The summed E-state index contributed by atoms with van der Waals surface area (Å²) < 4.78 is 7.07. The van der Waals surface area contributed by atoms with Gasteiger partial charge in [-0.2, -0.15) is 0 Å². The number of benzene rings is 2. The van der Waals surface area contributed by atoms with Gasteiger partial charge in [-0.25, -0.2) is 0 Å². The van der Waals surface area contributed by atoms with Crippen molar-refractivity contribution in [2.24, 2.45) is 5.92 Å². The third-order valence-electron chi connectivity index (χ3n) is 8.87. The first-order chi connectivity index (χ1) is 16.8. The molecular formula is C27H27BrN2O5. The fourth-order valence-corrected chi connectivity index (χ4v) is 7.54. The van der Waals surface area contributed by atoms with Crippen LogP contribution in [-0.2, 0) is 16.6 Å². The number of aliphatic hydroxyl groups excluding tert-OH is 1. The van der Waals surface area contributed by atoms with Crippen LogP contribution in [0.1, 0.15) is 36.8 Å². The highest BCUT2D eigenvalue weighted by Gasteiger charge is 2.73. The number of halogens is 1. The van der Waals surface area contributed by atoms with E-state index in [-0.39, 0.29) is 29.5 Å². The summed E-state index contributed by atoms with van der Waals surface area (Å²) in [5.41, 5.74) is 0.375. The number of hydrogen-bond donors (Lipinski definition) is 4. The largest absolute Gasteiger partial charge is 0.508 e. The number of amides is 1. The molecule has 2 bridgehead atoms. The SMILES string of the molecule is O=C(Nc1cccc(Br)c1)C1=C(O)[C@@H]2Oc3c(O)ccc4c3[C@@]23CCN(CC2CC2)[C@H](C4)[C@]3(O)C1. The van der Waals surface area contributed by atoms with Gasteiger partial charge >= 0.3 is 0 Å². The van der Waals surface area contributed by atoms with Crippen LogP contribution in [0.15, 0.2) is 52.2 Å². The number of piperidine rings is 1. The molecule has 1 saturated heterocycles. The van der Waals surface area contributed by atoms with E-state index in [1.165, 1.54) is 12.8 Å². The lowest BCUT2D eigenvalue weighted by Crippen LogP contribution is -2.75. The molecule has 8 heteroatoms. The van der Waals surface area contributed by atoms with Crippen LogP contribution in [0.3, 0.4) is 0 Å². The number of aromatic hydroxyl groups is 1. The highest BCUT2D eigenvalue weighted by Crippen LogP contribution is 2.66. The van der Waals surface area contributed by atoms with E-state index in [0.29, 0.717) is 30.2 Å². The number of hydrogen-bond acceptors (Lipinski definition) is 6. The van der Waals surface area contributed by atoms with E-state index in [0.717, 1.165) is 28.7 Å². The zero-order valence-electron chi connectivity index (χ0n) is 19.1. The fourth-order valence-electron chi connectivity index (χ4n) is 7.14. The first kappa shape index (κ1) is 21.7. The molecule has 2 aromatic carbocycles. The van der Waals surface area contributed by atoms with Gasteiger partial charge in [-0.1, -0.05) is 28.1 Å². The molecule has 182 valence electrons. The predicted molar refractivity (Wildman–Crippen MR) is 133 cm³/mol. The van der Waals surface area contributed by atoms with Crippen molar-refractivity contribution in [1.82, 2.24) is 4.90 Å². The van der Waals surface area contributed by atoms with Crippen molar-refractivity contribution in [2.45, 2.75) is 55.3 Å². The maximum atomic E-state index is 13.4. The highest BCUT2D eigenvalue weighted by atomic mass is 79.9. The van der Waals surface area contributed by atoms with Gasteiger partial charge in [-0.05, 0) is 68.0 Å². The minimum atomic E-state index is -1.31. The van der Waals surface area contributed by atoms with Crippen molar-refractivity contribution < 1.29 is 24.9 Å². The number of likely N-dealkylation sites (tertiary alicyclic amines) is 1. The number of carbonyl (C=O) groups is 1. The maximum Gasteiger partial charge on any atom is 0.255 e. The number of phenols is 1. The Morgan fingerprint density at radius 2 is 2.06 bits per heavy atom. The molecule has 1 saturated carbocycles. The van der Waals surface area contributed by atoms with E-state index in [9.17, 15) is 20.1 Å². The number of nitrogens with zero attached hydrogens (tertiary/aromatic N) is 1. The number of carbonyl (C=O) groups excluding carboxylic acids is 1. The second-order valence-corrected chi connectivity index (χ2v) is 11.7. The maximum absolute atomic E-state index is 13.4. The average molecular weight is 539 g/mol. The quantitative estimate of drug-likeness (QED) is 0.472. The van der Waals surface area contributed by atoms with Crippen LogP contribution in [0.5, 0.6) is 11.5 Å². The molecule has 4 atom stereocenters. The van der Waals surface area contributed by atoms with E-state index < -0.39 is 23.0 Å². The van der Waals surface area contributed by atoms with E-state index in [4.69, 9.17) is 4.74 Å². The molecule has 2 aliphatic heterocycles.